The predicted octanol–water partition coefficient (Wildman–Crippen LogP) is 2.43. The number of hydrogen-bond acceptors (Lipinski definition) is 0. The van der Waals surface area contributed by atoms with Gasteiger partial charge in [0, 0.05) is 0 Å². The van der Waals surface area contributed by atoms with Gasteiger partial charge in [0.15, 0.2) is 0 Å². The summed E-state index contributed by atoms with van der Waals surface area (Å²) in [6.07, 6.45) is 4.67. The van der Waals surface area contributed by atoms with Crippen LogP contribution < -0.4 is 0 Å². The summed E-state index contributed by atoms with van der Waals surface area (Å²) in [7, 11) is -6.00. The molecule has 1 aliphatic rings. The van der Waals surface area contributed by atoms with Crippen molar-refractivity contribution in [1.82, 2.24) is 0 Å². The van der Waals surface area contributed by atoms with E-state index in [0.717, 1.165) is 49.0 Å². The van der Waals surface area contributed by atoms with Crippen LogP contribution in [0.5, 0.6) is 0 Å². The first kappa shape index (κ1) is 11.4. The van der Waals surface area contributed by atoms with E-state index in [4.69, 9.17) is 0 Å². The maximum atomic E-state index is 9.75. The normalized spacial score (nSPS) is 19.0. The summed E-state index contributed by atoms with van der Waals surface area (Å²) in [5.74, 6) is 0. The van der Waals surface area contributed by atoms with Crippen molar-refractivity contribution in [1.29, 1.82) is 0 Å². The van der Waals surface area contributed by atoms with Gasteiger partial charge in [0.1, 0.15) is 0 Å². The zero-order chi connectivity index (χ0) is 8.20. The minimum atomic E-state index is -6.00. The van der Waals surface area contributed by atoms with E-state index in [1.165, 1.54) is 6.43 Å². The topological polar surface area (TPSA) is 0 Å². The Balaban J connectivity index is 0.000000162. The van der Waals surface area contributed by atoms with E-state index in [-0.39, 0.29) is 0 Å². The Morgan fingerprint density at radius 1 is 1.10 bits per heavy atom. The first-order valence-corrected chi connectivity index (χ1v) is 5.07. The third kappa shape index (κ3) is 12.1. The van der Waals surface area contributed by atoms with Crippen molar-refractivity contribution >= 4 is 56.2 Å². The van der Waals surface area contributed by atoms with E-state index in [0.29, 0.717) is 0 Å². The van der Waals surface area contributed by atoms with Crippen molar-refractivity contribution in [2.24, 2.45) is 0 Å². The number of hydrogen-bond donors (Lipinski definition) is 0. The fourth-order valence-corrected chi connectivity index (χ4v) is 1.89. The summed E-state index contributed by atoms with van der Waals surface area (Å²) in [4.78, 5) is 0. The molecule has 0 aromatic carbocycles. The molecule has 0 spiro atoms. The van der Waals surface area contributed by atoms with Crippen molar-refractivity contribution in [3.05, 3.63) is 0 Å². The molecule has 0 heterocycles. The van der Waals surface area contributed by atoms with Crippen LogP contribution in [0.15, 0.2) is 0 Å². The van der Waals surface area contributed by atoms with Gasteiger partial charge in [-0.15, -0.1) is 0 Å². The monoisotopic (exact) mass is 181 g/mol. The van der Waals surface area contributed by atoms with Gasteiger partial charge < -0.3 is 17.3 Å². The van der Waals surface area contributed by atoms with E-state index in [1.807, 2.05) is 0 Å². The molecular formula is C4H7BF4K-. The molecule has 1 saturated carbocycles. The molecule has 0 saturated heterocycles. The molecule has 1 fully saturated rings. The maximum absolute atomic E-state index is 9.75. The van der Waals surface area contributed by atoms with E-state index < -0.39 is 7.25 Å². The second-order valence-electron chi connectivity index (χ2n) is 2.53. The quantitative estimate of drug-likeness (QED) is 0.397. The molecule has 0 N–H and O–H groups in total. The van der Waals surface area contributed by atoms with Crippen LogP contribution in [-0.4, -0.2) is 56.2 Å². The molecule has 0 aromatic rings. The minimum absolute atomic E-state index is 1.16. The molecule has 0 amide bonds. The molecule has 0 radical (unpaired) electrons. The molecule has 0 atom stereocenters. The Labute approximate surface area is 91.4 Å². The molecule has 0 unspecified atom stereocenters. The van der Waals surface area contributed by atoms with Crippen LogP contribution >= 0.6 is 0 Å². The molecule has 0 nitrogen and oxygen atoms in total. The summed E-state index contributed by atoms with van der Waals surface area (Å²) in [6.45, 7) is 0. The van der Waals surface area contributed by atoms with Gasteiger partial charge in [-0.1, -0.05) is 0 Å². The van der Waals surface area contributed by atoms with Crippen molar-refractivity contribution in [2.75, 3.05) is 0 Å². The Bertz CT molecular complexity index is 83.7. The first-order valence-electron chi connectivity index (χ1n) is 3.27. The van der Waals surface area contributed by atoms with Gasteiger partial charge >= 0.3 is 75.5 Å². The standard InChI is InChI=1S/C4H7.BF4.K/c1-2-4-3-1;2-1(3,4)5;/h1H,2-4H2;;/q;-1;. The summed E-state index contributed by atoms with van der Waals surface area (Å²) in [5.41, 5.74) is 0. The van der Waals surface area contributed by atoms with E-state index >= 15 is 0 Å². The van der Waals surface area contributed by atoms with Crippen LogP contribution in [0.25, 0.3) is 0 Å². The van der Waals surface area contributed by atoms with Crippen LogP contribution in [0.2, 0.25) is 0.0125 Å². The van der Waals surface area contributed by atoms with Crippen LogP contribution in [-0.2, 0) is 0 Å². The SMILES string of the molecule is F[B-](F)(F)F.[K][CH]1CCC1. The fourth-order valence-electron chi connectivity index (χ4n) is 0.612. The fraction of sp³-hybridized carbons (Fsp3) is 1.00. The zero-order valence-corrected chi connectivity index (χ0v) is 8.91. The second kappa shape index (κ2) is 5.14. The van der Waals surface area contributed by atoms with Crippen molar-refractivity contribution in [3.8, 4) is 0 Å². The molecular weight excluding hydrogens is 174 g/mol. The third-order valence-corrected chi connectivity index (χ3v) is 3.20. The molecule has 0 bridgehead atoms. The van der Waals surface area contributed by atoms with Gasteiger partial charge in [-0.3, -0.25) is 0 Å². The van der Waals surface area contributed by atoms with Crippen LogP contribution in [0.4, 0.5) is 17.3 Å². The first-order chi connectivity index (χ1) is 4.39. The van der Waals surface area contributed by atoms with E-state index in [9.17, 15) is 17.3 Å². The molecule has 1 rings (SSSR count). The summed E-state index contributed by atoms with van der Waals surface area (Å²) in [6, 6.07) is 0. The molecule has 6 heteroatoms. The second-order valence-corrected chi connectivity index (χ2v) is 5.08. The molecule has 56 valence electrons. The zero-order valence-electron chi connectivity index (χ0n) is 5.79. The van der Waals surface area contributed by atoms with Gasteiger partial charge in [-0.2, -0.15) is 0 Å². The summed E-state index contributed by atoms with van der Waals surface area (Å²) < 4.78 is 40.3. The van der Waals surface area contributed by atoms with Crippen LogP contribution in [0.1, 0.15) is 19.3 Å². The Hall–Kier alpha value is 1.42. The van der Waals surface area contributed by atoms with E-state index in [1.54, 1.807) is 12.8 Å². The van der Waals surface area contributed by atoms with Crippen molar-refractivity contribution in [3.63, 3.8) is 0 Å². The summed E-state index contributed by atoms with van der Waals surface area (Å²) in [5, 5.41) is 0. The van der Waals surface area contributed by atoms with Crippen LogP contribution in [0, 0.1) is 0 Å². The predicted molar refractivity (Wildman–Crippen MR) is 33.5 cm³/mol. The molecule has 10 heavy (non-hydrogen) atoms. The molecule has 0 aliphatic heterocycles. The number of halogens is 4. The van der Waals surface area contributed by atoms with Gasteiger partial charge in [0.05, 0.1) is 0 Å². The van der Waals surface area contributed by atoms with Crippen LogP contribution in [0.3, 0.4) is 0 Å². The Kier molecular flexibility index (Phi) is 5.87. The Morgan fingerprint density at radius 2 is 1.30 bits per heavy atom. The van der Waals surface area contributed by atoms with Gasteiger partial charge in [0.2, 0.25) is 0 Å². The van der Waals surface area contributed by atoms with Gasteiger partial charge in [-0.25, -0.2) is 0 Å². The average molecular weight is 181 g/mol. The number of rotatable bonds is 0. The van der Waals surface area contributed by atoms with Crippen molar-refractivity contribution in [2.45, 2.75) is 19.3 Å². The van der Waals surface area contributed by atoms with E-state index in [2.05, 4.69) is 0 Å². The molecule has 0 aromatic heterocycles. The Morgan fingerprint density at radius 3 is 1.30 bits per heavy atom. The third-order valence-electron chi connectivity index (χ3n) is 1.39. The van der Waals surface area contributed by atoms with Crippen molar-refractivity contribution < 1.29 is 17.3 Å². The average Bonchev–Trinajstić information content (AvgIpc) is 1.56. The summed E-state index contributed by atoms with van der Waals surface area (Å²) >= 11 is 1.16. The van der Waals surface area contributed by atoms with Gasteiger partial charge in [-0.05, 0) is 0 Å². The molecule has 1 aliphatic carbocycles. The van der Waals surface area contributed by atoms with Gasteiger partial charge in [0.25, 0.3) is 0 Å².